The summed E-state index contributed by atoms with van der Waals surface area (Å²) in [5.41, 5.74) is 0. The predicted octanol–water partition coefficient (Wildman–Crippen LogP) is 24.3. The number of rotatable bonds is 63. The van der Waals surface area contributed by atoms with Gasteiger partial charge in [0.1, 0.15) is 13.2 Å². The highest BCUT2D eigenvalue weighted by molar-refractivity contribution is 5.71. The zero-order valence-corrected chi connectivity index (χ0v) is 54.4. The van der Waals surface area contributed by atoms with E-state index < -0.39 is 6.10 Å². The summed E-state index contributed by atoms with van der Waals surface area (Å²) in [6.45, 7) is 6.51. The first kappa shape index (κ1) is 78.8. The topological polar surface area (TPSA) is 78.9 Å². The van der Waals surface area contributed by atoms with Crippen LogP contribution in [0.2, 0.25) is 0 Å². The molecule has 1 atom stereocenters. The van der Waals surface area contributed by atoms with Gasteiger partial charge in [-0.15, -0.1) is 0 Å². The van der Waals surface area contributed by atoms with E-state index in [9.17, 15) is 14.4 Å². The molecular weight excluding hydrogens is 1020 g/mol. The van der Waals surface area contributed by atoms with Crippen LogP contribution < -0.4 is 0 Å². The molecule has 0 aliphatic heterocycles. The summed E-state index contributed by atoms with van der Waals surface area (Å²) in [6, 6.07) is 0. The third kappa shape index (κ3) is 68.5. The normalized spacial score (nSPS) is 12.9. The average Bonchev–Trinajstić information content (AvgIpc) is 3.49. The fraction of sp³-hybridized carbons (Fsp3) is 0.701. The van der Waals surface area contributed by atoms with Crippen LogP contribution in [0.1, 0.15) is 329 Å². The molecule has 0 saturated heterocycles. The average molecular weight is 1150 g/mol. The molecular formula is C77H130O6. The predicted molar refractivity (Wildman–Crippen MR) is 362 cm³/mol. The molecule has 0 aromatic rings. The molecule has 0 rings (SSSR count). The summed E-state index contributed by atoms with van der Waals surface area (Å²) in [4.78, 5) is 38.5. The van der Waals surface area contributed by atoms with E-state index in [0.29, 0.717) is 19.3 Å². The highest BCUT2D eigenvalue weighted by atomic mass is 16.6. The van der Waals surface area contributed by atoms with Crippen molar-refractivity contribution in [2.24, 2.45) is 0 Å². The number of unbranched alkanes of at least 4 members (excludes halogenated alkanes) is 32. The van der Waals surface area contributed by atoms with Gasteiger partial charge in [-0.2, -0.15) is 0 Å². The minimum Gasteiger partial charge on any atom is -0.462 e. The molecule has 0 spiro atoms. The standard InChI is InChI=1S/C77H130O6/c1-4-7-10-13-16-19-22-25-28-31-33-34-35-36-37-38-39-40-41-42-44-46-49-52-55-58-61-64-67-70-76(79)82-73-74(72-81-75(78)69-66-63-60-57-54-51-48-45-30-27-24-21-18-15-12-9-6-3)83-77(80)71-68-65-62-59-56-53-50-47-43-32-29-26-23-20-17-14-11-8-5-2/h7,10,16-17,19-20,25-26,28-29,33-34,36-37,39-40,42-44,47,74H,4-6,8-9,11-15,18,21-24,27,30-32,35,38,41,45-46,48-73H2,1-3H3/b10-7-,19-16-,20-17-,28-25-,29-26-,34-33-,37-36-,40-39-,44-42-,47-43-. The van der Waals surface area contributed by atoms with Gasteiger partial charge in [0.15, 0.2) is 6.10 Å². The molecule has 0 N–H and O–H groups in total. The van der Waals surface area contributed by atoms with Gasteiger partial charge in [0.25, 0.3) is 0 Å². The molecule has 0 saturated carbocycles. The Morgan fingerprint density at radius 2 is 0.470 bits per heavy atom. The molecule has 0 radical (unpaired) electrons. The van der Waals surface area contributed by atoms with Crippen molar-refractivity contribution in [3.63, 3.8) is 0 Å². The monoisotopic (exact) mass is 1150 g/mol. The molecule has 6 nitrogen and oxygen atoms in total. The van der Waals surface area contributed by atoms with E-state index in [0.717, 1.165) is 135 Å². The van der Waals surface area contributed by atoms with Gasteiger partial charge in [-0.1, -0.05) is 316 Å². The largest absolute Gasteiger partial charge is 0.462 e. The zero-order chi connectivity index (χ0) is 59.9. The lowest BCUT2D eigenvalue weighted by Crippen LogP contribution is -2.30. The molecule has 6 heteroatoms. The van der Waals surface area contributed by atoms with Gasteiger partial charge in [-0.05, 0) is 116 Å². The van der Waals surface area contributed by atoms with E-state index in [2.05, 4.69) is 142 Å². The highest BCUT2D eigenvalue weighted by Crippen LogP contribution is 2.17. The second kappa shape index (κ2) is 70.3. The molecule has 0 bridgehead atoms. The van der Waals surface area contributed by atoms with Gasteiger partial charge in [0.05, 0.1) is 0 Å². The Kier molecular flexibility index (Phi) is 66.7. The fourth-order valence-electron chi connectivity index (χ4n) is 9.73. The van der Waals surface area contributed by atoms with Gasteiger partial charge >= 0.3 is 17.9 Å². The third-order valence-electron chi connectivity index (χ3n) is 15.0. The van der Waals surface area contributed by atoms with Crippen LogP contribution in [0.15, 0.2) is 122 Å². The van der Waals surface area contributed by atoms with Crippen LogP contribution >= 0.6 is 0 Å². The van der Waals surface area contributed by atoms with Crippen LogP contribution in [0.5, 0.6) is 0 Å². The fourth-order valence-corrected chi connectivity index (χ4v) is 9.73. The van der Waals surface area contributed by atoms with Crippen LogP contribution in [-0.4, -0.2) is 37.2 Å². The lowest BCUT2D eigenvalue weighted by molar-refractivity contribution is -0.167. The van der Waals surface area contributed by atoms with Crippen molar-refractivity contribution in [1.82, 2.24) is 0 Å². The molecule has 0 aromatic heterocycles. The van der Waals surface area contributed by atoms with Crippen molar-refractivity contribution in [2.75, 3.05) is 13.2 Å². The summed E-state index contributed by atoms with van der Waals surface area (Å²) < 4.78 is 17.0. The maximum Gasteiger partial charge on any atom is 0.306 e. The smallest absolute Gasteiger partial charge is 0.306 e. The number of ether oxygens (including phenoxy) is 3. The zero-order valence-electron chi connectivity index (χ0n) is 54.4. The first-order valence-corrected chi connectivity index (χ1v) is 35.0. The molecule has 0 fully saturated rings. The summed E-state index contributed by atoms with van der Waals surface area (Å²) in [6.07, 6.45) is 97.8. The molecule has 474 valence electrons. The lowest BCUT2D eigenvalue weighted by Gasteiger charge is -2.18. The van der Waals surface area contributed by atoms with Gasteiger partial charge < -0.3 is 14.2 Å². The molecule has 0 heterocycles. The van der Waals surface area contributed by atoms with Crippen molar-refractivity contribution in [3.8, 4) is 0 Å². The van der Waals surface area contributed by atoms with E-state index in [1.54, 1.807) is 0 Å². The van der Waals surface area contributed by atoms with E-state index in [1.165, 1.54) is 154 Å². The molecule has 0 amide bonds. The molecule has 83 heavy (non-hydrogen) atoms. The van der Waals surface area contributed by atoms with Crippen LogP contribution in [0.3, 0.4) is 0 Å². The van der Waals surface area contributed by atoms with E-state index >= 15 is 0 Å². The quantitative estimate of drug-likeness (QED) is 0.0261. The number of esters is 3. The Hall–Kier alpha value is -4.19. The van der Waals surface area contributed by atoms with Crippen molar-refractivity contribution in [3.05, 3.63) is 122 Å². The van der Waals surface area contributed by atoms with Crippen LogP contribution in [0.25, 0.3) is 0 Å². The Morgan fingerprint density at radius 3 is 0.759 bits per heavy atom. The Labute approximate surface area is 513 Å². The first-order chi connectivity index (χ1) is 41.0. The van der Waals surface area contributed by atoms with E-state index in [-0.39, 0.29) is 31.1 Å². The second-order valence-corrected chi connectivity index (χ2v) is 23.1. The van der Waals surface area contributed by atoms with Gasteiger partial charge in [0, 0.05) is 19.3 Å². The first-order valence-electron chi connectivity index (χ1n) is 35.0. The maximum absolute atomic E-state index is 13.0. The summed E-state index contributed by atoms with van der Waals surface area (Å²) in [7, 11) is 0. The molecule has 0 aliphatic rings. The second-order valence-electron chi connectivity index (χ2n) is 23.1. The number of carbonyl (C=O) groups is 3. The minimum absolute atomic E-state index is 0.0860. The van der Waals surface area contributed by atoms with E-state index in [4.69, 9.17) is 14.2 Å². The molecule has 0 aliphatic carbocycles. The minimum atomic E-state index is -0.793. The number of hydrogen-bond acceptors (Lipinski definition) is 6. The molecule has 1 unspecified atom stereocenters. The number of allylic oxidation sites excluding steroid dienone is 20. The van der Waals surface area contributed by atoms with Gasteiger partial charge in [0.2, 0.25) is 0 Å². The highest BCUT2D eigenvalue weighted by Gasteiger charge is 2.19. The SMILES string of the molecule is CC/C=C\C/C=C\C/C=C\C/C=C\C/C=C\C/C=C\C/C=C\CCCCCCCCCC(=O)OCC(COC(=O)CCCCCCCCCCCCCCCCCCC)OC(=O)CCCCCCCC/C=C\C/C=C\C/C=C\CCCCC. The van der Waals surface area contributed by atoms with Gasteiger partial charge in [-0.3, -0.25) is 14.4 Å². The number of carbonyl (C=O) groups excluding carboxylic acids is 3. The van der Waals surface area contributed by atoms with Crippen molar-refractivity contribution >= 4 is 17.9 Å². The van der Waals surface area contributed by atoms with Crippen LogP contribution in [-0.2, 0) is 28.6 Å². The van der Waals surface area contributed by atoms with E-state index in [1.807, 2.05) is 0 Å². The van der Waals surface area contributed by atoms with Crippen molar-refractivity contribution in [2.45, 2.75) is 335 Å². The maximum atomic E-state index is 13.0. The van der Waals surface area contributed by atoms with Crippen LogP contribution in [0.4, 0.5) is 0 Å². The van der Waals surface area contributed by atoms with Crippen molar-refractivity contribution in [1.29, 1.82) is 0 Å². The summed E-state index contributed by atoms with van der Waals surface area (Å²) in [5.74, 6) is -0.898. The summed E-state index contributed by atoms with van der Waals surface area (Å²) >= 11 is 0. The van der Waals surface area contributed by atoms with Crippen LogP contribution in [0, 0.1) is 0 Å². The summed E-state index contributed by atoms with van der Waals surface area (Å²) in [5, 5.41) is 0. The van der Waals surface area contributed by atoms with Gasteiger partial charge in [-0.25, -0.2) is 0 Å². The lowest BCUT2D eigenvalue weighted by atomic mass is 10.0. The number of hydrogen-bond donors (Lipinski definition) is 0. The molecule has 0 aromatic carbocycles. The Balaban J connectivity index is 4.39. The third-order valence-corrected chi connectivity index (χ3v) is 15.0. The Bertz CT molecular complexity index is 1700. The van der Waals surface area contributed by atoms with Crippen molar-refractivity contribution < 1.29 is 28.6 Å². The Morgan fingerprint density at radius 1 is 0.253 bits per heavy atom.